The van der Waals surface area contributed by atoms with E-state index in [1.165, 1.54) is 24.4 Å². The van der Waals surface area contributed by atoms with E-state index >= 15 is 0 Å². The van der Waals surface area contributed by atoms with Crippen molar-refractivity contribution >= 4 is 0 Å². The molecule has 2 aromatic rings. The molecule has 1 heterocycles. The highest BCUT2D eigenvalue weighted by Gasteiger charge is 2.44. The first-order valence-corrected chi connectivity index (χ1v) is 5.94. The summed E-state index contributed by atoms with van der Waals surface area (Å²) in [6, 6.07) is 10.7. The van der Waals surface area contributed by atoms with Crippen LogP contribution in [0.3, 0.4) is 0 Å². The van der Waals surface area contributed by atoms with Crippen LogP contribution in [0.25, 0.3) is 0 Å². The molecule has 1 atom stereocenters. The maximum Gasteiger partial charge on any atom is 0.431 e. The summed E-state index contributed by atoms with van der Waals surface area (Å²) in [7, 11) is 0. The number of alkyl halides is 3. The Morgan fingerprint density at radius 3 is 2.40 bits per heavy atom. The lowest BCUT2D eigenvalue weighted by Gasteiger charge is -2.22. The van der Waals surface area contributed by atoms with Crippen LogP contribution >= 0.6 is 0 Å². The Labute approximate surface area is 114 Å². The van der Waals surface area contributed by atoms with Gasteiger partial charge in [-0.3, -0.25) is 4.98 Å². The number of hydrogen-bond acceptors (Lipinski definition) is 3. The number of benzene rings is 1. The molecule has 2 rings (SSSR count). The molecule has 0 spiro atoms. The second-order valence-electron chi connectivity index (χ2n) is 4.11. The topological polar surface area (TPSA) is 48.1 Å². The fraction of sp³-hybridized carbons (Fsp3) is 0.214. The third kappa shape index (κ3) is 3.27. The van der Waals surface area contributed by atoms with Gasteiger partial charge in [-0.25, -0.2) is 0 Å². The zero-order valence-electron chi connectivity index (χ0n) is 10.5. The molecule has 0 saturated carbocycles. The Morgan fingerprint density at radius 1 is 1.10 bits per heavy atom. The predicted molar refractivity (Wildman–Crippen MR) is 68.0 cm³/mol. The van der Waals surface area contributed by atoms with Crippen molar-refractivity contribution in [3.63, 3.8) is 0 Å². The van der Waals surface area contributed by atoms with Gasteiger partial charge >= 0.3 is 6.18 Å². The van der Waals surface area contributed by atoms with Crippen molar-refractivity contribution in [3.05, 3.63) is 59.9 Å². The van der Waals surface area contributed by atoms with E-state index in [-0.39, 0.29) is 18.0 Å². The number of hydrogen-bond donors (Lipinski definition) is 1. The molecule has 0 aliphatic carbocycles. The maximum absolute atomic E-state index is 13.1. The van der Waals surface area contributed by atoms with Crippen LogP contribution in [0.4, 0.5) is 13.2 Å². The molecule has 0 fully saturated rings. The smallest absolute Gasteiger partial charge is 0.431 e. The van der Waals surface area contributed by atoms with Crippen molar-refractivity contribution in [3.8, 4) is 5.75 Å². The lowest BCUT2D eigenvalue weighted by atomic mass is 10.2. The summed E-state index contributed by atoms with van der Waals surface area (Å²) in [5.74, 6) is 0.114. The summed E-state index contributed by atoms with van der Waals surface area (Å²) in [6.07, 6.45) is -5.38. The molecule has 2 N–H and O–H groups in total. The quantitative estimate of drug-likeness (QED) is 0.936. The molecular formula is C14H13F3N2O. The molecule has 20 heavy (non-hydrogen) atoms. The van der Waals surface area contributed by atoms with Crippen molar-refractivity contribution in [2.75, 3.05) is 0 Å². The van der Waals surface area contributed by atoms with Gasteiger partial charge in [0.05, 0.1) is 5.69 Å². The maximum atomic E-state index is 13.1. The van der Waals surface area contributed by atoms with Crippen LogP contribution in [-0.4, -0.2) is 11.2 Å². The molecule has 0 radical (unpaired) electrons. The van der Waals surface area contributed by atoms with Crippen LogP contribution in [0.2, 0.25) is 0 Å². The van der Waals surface area contributed by atoms with Gasteiger partial charge in [-0.2, -0.15) is 13.2 Å². The van der Waals surface area contributed by atoms with Crippen molar-refractivity contribution in [2.45, 2.75) is 18.8 Å². The molecule has 1 aromatic carbocycles. The molecule has 1 aromatic heterocycles. The molecular weight excluding hydrogens is 269 g/mol. The normalized spacial score (nSPS) is 13.0. The highest BCUT2D eigenvalue weighted by molar-refractivity contribution is 5.33. The number of aromatic nitrogens is 1. The molecule has 0 saturated heterocycles. The molecule has 106 valence electrons. The van der Waals surface area contributed by atoms with Crippen LogP contribution < -0.4 is 10.5 Å². The van der Waals surface area contributed by atoms with E-state index in [4.69, 9.17) is 10.5 Å². The molecule has 0 amide bonds. The van der Waals surface area contributed by atoms with E-state index in [0.29, 0.717) is 5.56 Å². The van der Waals surface area contributed by atoms with Crippen molar-refractivity contribution in [2.24, 2.45) is 5.73 Å². The summed E-state index contributed by atoms with van der Waals surface area (Å²) in [5.41, 5.74) is 5.82. The zero-order chi connectivity index (χ0) is 14.6. The van der Waals surface area contributed by atoms with E-state index in [1.807, 2.05) is 0 Å². The van der Waals surface area contributed by atoms with Gasteiger partial charge in [0.1, 0.15) is 5.75 Å². The fourth-order valence-electron chi connectivity index (χ4n) is 1.74. The van der Waals surface area contributed by atoms with Crippen LogP contribution in [0.1, 0.15) is 17.4 Å². The summed E-state index contributed by atoms with van der Waals surface area (Å²) in [5, 5.41) is 0. The molecule has 0 bridgehead atoms. The Morgan fingerprint density at radius 2 is 1.80 bits per heavy atom. The lowest BCUT2D eigenvalue weighted by molar-refractivity contribution is -0.199. The third-order valence-electron chi connectivity index (χ3n) is 2.69. The van der Waals surface area contributed by atoms with Gasteiger partial charge in [0.15, 0.2) is 0 Å². The minimum atomic E-state index is -4.56. The molecule has 0 aliphatic heterocycles. The second kappa shape index (κ2) is 5.92. The van der Waals surface area contributed by atoms with E-state index in [9.17, 15) is 13.2 Å². The van der Waals surface area contributed by atoms with Crippen molar-refractivity contribution in [1.29, 1.82) is 0 Å². The molecule has 0 aliphatic rings. The minimum Gasteiger partial charge on any atom is -0.474 e. The number of rotatable bonds is 4. The average Bonchev–Trinajstić information content (AvgIpc) is 2.45. The van der Waals surface area contributed by atoms with Crippen LogP contribution in [0, 0.1) is 0 Å². The number of nitrogens with zero attached hydrogens (tertiary/aromatic N) is 1. The number of para-hydroxylation sites is 1. The van der Waals surface area contributed by atoms with Gasteiger partial charge in [0.25, 0.3) is 0 Å². The first-order valence-electron chi connectivity index (χ1n) is 5.94. The van der Waals surface area contributed by atoms with Gasteiger partial charge in [0.2, 0.25) is 6.10 Å². The SMILES string of the molecule is NCc1ccccc1OC(c1ccccn1)C(F)(F)F. The van der Waals surface area contributed by atoms with E-state index in [2.05, 4.69) is 4.98 Å². The van der Waals surface area contributed by atoms with Gasteiger partial charge < -0.3 is 10.5 Å². The molecule has 3 nitrogen and oxygen atoms in total. The van der Waals surface area contributed by atoms with Gasteiger partial charge in [-0.1, -0.05) is 24.3 Å². The van der Waals surface area contributed by atoms with Crippen molar-refractivity contribution in [1.82, 2.24) is 4.98 Å². The highest BCUT2D eigenvalue weighted by atomic mass is 19.4. The van der Waals surface area contributed by atoms with Gasteiger partial charge in [-0.15, -0.1) is 0 Å². The van der Waals surface area contributed by atoms with Crippen molar-refractivity contribution < 1.29 is 17.9 Å². The van der Waals surface area contributed by atoms with Gasteiger partial charge in [-0.05, 0) is 18.2 Å². The number of pyridine rings is 1. The summed E-state index contributed by atoms with van der Waals surface area (Å²) < 4.78 is 44.5. The number of ether oxygens (including phenoxy) is 1. The Balaban J connectivity index is 2.34. The van der Waals surface area contributed by atoms with E-state index in [1.54, 1.807) is 24.3 Å². The summed E-state index contributed by atoms with van der Waals surface area (Å²) in [6.45, 7) is 0.100. The highest BCUT2D eigenvalue weighted by Crippen LogP contribution is 2.36. The first-order chi connectivity index (χ1) is 9.52. The standard InChI is InChI=1S/C14H13F3N2O/c15-14(16,17)13(11-6-3-4-8-19-11)20-12-7-2-1-5-10(12)9-18/h1-8,13H,9,18H2. The monoisotopic (exact) mass is 282 g/mol. The molecule has 6 heteroatoms. The second-order valence-corrected chi connectivity index (χ2v) is 4.11. The third-order valence-corrected chi connectivity index (χ3v) is 2.69. The van der Waals surface area contributed by atoms with Crippen LogP contribution in [0.15, 0.2) is 48.7 Å². The fourth-order valence-corrected chi connectivity index (χ4v) is 1.74. The Bertz CT molecular complexity index is 558. The number of halogens is 3. The lowest BCUT2D eigenvalue weighted by Crippen LogP contribution is -2.27. The Hall–Kier alpha value is -2.08. The van der Waals surface area contributed by atoms with E-state index in [0.717, 1.165) is 0 Å². The summed E-state index contributed by atoms with van der Waals surface area (Å²) >= 11 is 0. The largest absolute Gasteiger partial charge is 0.474 e. The zero-order valence-corrected chi connectivity index (χ0v) is 10.5. The van der Waals surface area contributed by atoms with Crippen LogP contribution in [-0.2, 0) is 6.54 Å². The predicted octanol–water partition coefficient (Wildman–Crippen LogP) is 3.22. The van der Waals surface area contributed by atoms with Crippen LogP contribution in [0.5, 0.6) is 5.75 Å². The average molecular weight is 282 g/mol. The Kier molecular flexibility index (Phi) is 4.24. The first kappa shape index (κ1) is 14.3. The van der Waals surface area contributed by atoms with E-state index < -0.39 is 12.3 Å². The van der Waals surface area contributed by atoms with Gasteiger partial charge in [0, 0.05) is 18.3 Å². The number of nitrogens with two attached hydrogens (primary N) is 1. The summed E-state index contributed by atoms with van der Waals surface area (Å²) in [4.78, 5) is 3.72. The molecule has 1 unspecified atom stereocenters. The minimum absolute atomic E-state index is 0.100.